The monoisotopic (exact) mass is 388 g/mol. The number of imidazole rings is 1. The molecule has 0 amide bonds. The van der Waals surface area contributed by atoms with E-state index in [1.807, 2.05) is 6.20 Å². The van der Waals surface area contributed by atoms with E-state index in [2.05, 4.69) is 45.8 Å². The van der Waals surface area contributed by atoms with Crippen LogP contribution in [0.25, 0.3) is 16.9 Å². The molecule has 4 rings (SSSR count). The van der Waals surface area contributed by atoms with Gasteiger partial charge in [0.05, 0.1) is 21.4 Å². The third-order valence-corrected chi connectivity index (χ3v) is 5.36. The van der Waals surface area contributed by atoms with Gasteiger partial charge in [-0.2, -0.15) is 0 Å². The first-order valence-electron chi connectivity index (χ1n) is 8.98. The lowest BCUT2D eigenvalue weighted by Crippen LogP contribution is -2.28. The highest BCUT2D eigenvalue weighted by atomic mass is 35.5. The van der Waals surface area contributed by atoms with Gasteiger partial charge in [-0.15, -0.1) is 0 Å². The summed E-state index contributed by atoms with van der Waals surface area (Å²) in [6.07, 6.45) is 3.07. The summed E-state index contributed by atoms with van der Waals surface area (Å²) < 4.78 is 2.05. The summed E-state index contributed by atoms with van der Waals surface area (Å²) in [6.45, 7) is 7.10. The fourth-order valence-electron chi connectivity index (χ4n) is 3.49. The molecule has 0 spiro atoms. The summed E-state index contributed by atoms with van der Waals surface area (Å²) in [5.74, 6) is 0. The van der Waals surface area contributed by atoms with Crippen molar-refractivity contribution >= 4 is 28.8 Å². The van der Waals surface area contributed by atoms with Crippen molar-refractivity contribution in [3.05, 3.63) is 57.8 Å². The summed E-state index contributed by atoms with van der Waals surface area (Å²) >= 11 is 12.7. The molecule has 1 aliphatic rings. The van der Waals surface area contributed by atoms with E-state index < -0.39 is 0 Å². The van der Waals surface area contributed by atoms with Crippen molar-refractivity contribution in [1.82, 2.24) is 19.6 Å². The Bertz CT molecular complexity index is 910. The van der Waals surface area contributed by atoms with Crippen LogP contribution < -0.4 is 5.32 Å². The average molecular weight is 389 g/mol. The predicted octanol–water partition coefficient (Wildman–Crippen LogP) is 4.41. The van der Waals surface area contributed by atoms with Crippen LogP contribution in [0.1, 0.15) is 17.7 Å². The molecule has 0 bridgehead atoms. The molecule has 0 atom stereocenters. The highest BCUT2D eigenvalue weighted by molar-refractivity contribution is 6.36. The molecule has 6 heteroatoms. The smallest absolute Gasteiger partial charge is 0.156 e. The first-order chi connectivity index (χ1) is 12.6. The summed E-state index contributed by atoms with van der Waals surface area (Å²) in [4.78, 5) is 7.34. The van der Waals surface area contributed by atoms with Gasteiger partial charge in [-0.25, -0.2) is 4.98 Å². The Labute approximate surface area is 163 Å². The van der Waals surface area contributed by atoms with Crippen LogP contribution in [-0.2, 0) is 6.54 Å². The van der Waals surface area contributed by atoms with Crippen LogP contribution in [0.5, 0.6) is 0 Å². The van der Waals surface area contributed by atoms with Crippen LogP contribution in [0, 0.1) is 6.92 Å². The highest BCUT2D eigenvalue weighted by Crippen LogP contribution is 2.30. The van der Waals surface area contributed by atoms with E-state index in [0.717, 1.165) is 61.7 Å². The molecule has 0 saturated carbocycles. The third-order valence-electron chi connectivity index (χ3n) is 4.87. The Balaban J connectivity index is 1.83. The molecule has 0 aliphatic carbocycles. The van der Waals surface area contributed by atoms with Gasteiger partial charge in [-0.3, -0.25) is 9.30 Å². The number of pyridine rings is 1. The van der Waals surface area contributed by atoms with Crippen molar-refractivity contribution in [2.45, 2.75) is 19.9 Å². The van der Waals surface area contributed by atoms with Crippen molar-refractivity contribution in [3.63, 3.8) is 0 Å². The Hall–Kier alpha value is -1.59. The van der Waals surface area contributed by atoms with Crippen molar-refractivity contribution < 1.29 is 0 Å². The second-order valence-electron chi connectivity index (χ2n) is 6.85. The largest absolute Gasteiger partial charge is 0.315 e. The normalized spacial score (nSPS) is 16.1. The predicted molar refractivity (Wildman–Crippen MR) is 108 cm³/mol. The van der Waals surface area contributed by atoms with E-state index in [9.17, 15) is 0 Å². The number of hydrogen-bond donors (Lipinski definition) is 1. The maximum absolute atomic E-state index is 6.44. The van der Waals surface area contributed by atoms with Gasteiger partial charge in [0.25, 0.3) is 0 Å². The summed E-state index contributed by atoms with van der Waals surface area (Å²) in [5, 5.41) is 4.66. The van der Waals surface area contributed by atoms with Crippen LogP contribution in [0.4, 0.5) is 0 Å². The van der Waals surface area contributed by atoms with Crippen LogP contribution in [0.3, 0.4) is 0 Å². The van der Waals surface area contributed by atoms with Crippen LogP contribution in [-0.4, -0.2) is 40.5 Å². The molecule has 2 aromatic heterocycles. The van der Waals surface area contributed by atoms with Gasteiger partial charge in [0.15, 0.2) is 5.65 Å². The number of nitrogens with one attached hydrogen (secondary N) is 1. The van der Waals surface area contributed by atoms with E-state index in [1.165, 1.54) is 5.56 Å². The van der Waals surface area contributed by atoms with Gasteiger partial charge in [0.2, 0.25) is 0 Å². The minimum atomic E-state index is 0.578. The molecular weight excluding hydrogens is 367 g/mol. The van der Waals surface area contributed by atoms with Gasteiger partial charge >= 0.3 is 0 Å². The number of benzene rings is 1. The molecule has 26 heavy (non-hydrogen) atoms. The summed E-state index contributed by atoms with van der Waals surface area (Å²) in [7, 11) is 0. The maximum Gasteiger partial charge on any atom is 0.156 e. The zero-order valence-corrected chi connectivity index (χ0v) is 16.3. The van der Waals surface area contributed by atoms with Gasteiger partial charge in [0.1, 0.15) is 0 Å². The second-order valence-corrected chi connectivity index (χ2v) is 7.70. The van der Waals surface area contributed by atoms with E-state index in [0.29, 0.717) is 10.0 Å². The minimum Gasteiger partial charge on any atom is -0.315 e. The van der Waals surface area contributed by atoms with E-state index in [4.69, 9.17) is 28.2 Å². The van der Waals surface area contributed by atoms with Crippen LogP contribution in [0.15, 0.2) is 36.5 Å². The molecule has 1 saturated heterocycles. The second kappa shape index (κ2) is 7.57. The Morgan fingerprint density at radius 1 is 1.12 bits per heavy atom. The standard InChI is InChI=1S/C20H22Cl2N4/c1-14-3-5-15(6-4-14)19-18(13-25-9-2-7-23-8-10-25)26-12-16(21)11-17(22)20(26)24-19/h3-6,11-12,23H,2,7-10,13H2,1H3. The molecule has 3 heterocycles. The van der Waals surface area contributed by atoms with E-state index in [-0.39, 0.29) is 0 Å². The quantitative estimate of drug-likeness (QED) is 0.720. The number of fused-ring (bicyclic) bond motifs is 1. The van der Waals surface area contributed by atoms with Crippen LogP contribution in [0.2, 0.25) is 10.0 Å². The summed E-state index contributed by atoms with van der Waals surface area (Å²) in [6, 6.07) is 10.2. The molecule has 136 valence electrons. The maximum atomic E-state index is 6.44. The average Bonchev–Trinajstić information content (AvgIpc) is 2.79. The minimum absolute atomic E-state index is 0.578. The molecule has 1 aromatic carbocycles. The molecule has 4 nitrogen and oxygen atoms in total. The van der Waals surface area contributed by atoms with Gasteiger partial charge < -0.3 is 5.32 Å². The lowest BCUT2D eigenvalue weighted by molar-refractivity contribution is 0.281. The Morgan fingerprint density at radius 2 is 1.92 bits per heavy atom. The fourth-order valence-corrected chi connectivity index (χ4v) is 4.00. The van der Waals surface area contributed by atoms with E-state index in [1.54, 1.807) is 6.07 Å². The van der Waals surface area contributed by atoms with Crippen molar-refractivity contribution in [2.75, 3.05) is 26.2 Å². The van der Waals surface area contributed by atoms with Gasteiger partial charge in [-0.05, 0) is 32.5 Å². The topological polar surface area (TPSA) is 32.6 Å². The first-order valence-corrected chi connectivity index (χ1v) is 9.73. The molecule has 1 N–H and O–H groups in total. The van der Waals surface area contributed by atoms with Gasteiger partial charge in [0, 0.05) is 31.4 Å². The zero-order valence-electron chi connectivity index (χ0n) is 14.8. The van der Waals surface area contributed by atoms with Crippen molar-refractivity contribution in [2.24, 2.45) is 0 Å². The molecular formula is C20H22Cl2N4. The highest BCUT2D eigenvalue weighted by Gasteiger charge is 2.19. The number of rotatable bonds is 3. The number of nitrogens with zero attached hydrogens (tertiary/aromatic N) is 3. The van der Waals surface area contributed by atoms with E-state index >= 15 is 0 Å². The third kappa shape index (κ3) is 3.60. The number of halogens is 2. The Kier molecular flexibility index (Phi) is 5.18. The number of hydrogen-bond acceptors (Lipinski definition) is 3. The molecule has 1 aliphatic heterocycles. The van der Waals surface area contributed by atoms with Crippen molar-refractivity contribution in [3.8, 4) is 11.3 Å². The fraction of sp³-hybridized carbons (Fsp3) is 0.350. The number of aryl methyl sites for hydroxylation is 1. The van der Waals surface area contributed by atoms with Crippen LogP contribution >= 0.6 is 23.2 Å². The molecule has 1 fully saturated rings. The van der Waals surface area contributed by atoms with Crippen molar-refractivity contribution in [1.29, 1.82) is 0 Å². The summed E-state index contributed by atoms with van der Waals surface area (Å²) in [5.41, 5.74) is 5.21. The van der Waals surface area contributed by atoms with Gasteiger partial charge in [-0.1, -0.05) is 53.0 Å². The molecule has 0 radical (unpaired) electrons. The Morgan fingerprint density at radius 3 is 2.73 bits per heavy atom. The zero-order chi connectivity index (χ0) is 18.1. The molecule has 3 aromatic rings. The lowest BCUT2D eigenvalue weighted by Gasteiger charge is -2.20. The number of aromatic nitrogens is 2. The molecule has 0 unspecified atom stereocenters. The SMILES string of the molecule is Cc1ccc(-c2nc3c(Cl)cc(Cl)cn3c2CN2CCCNCC2)cc1. The lowest BCUT2D eigenvalue weighted by atomic mass is 10.1. The first kappa shape index (κ1) is 17.8.